The maximum absolute atomic E-state index is 13.1. The summed E-state index contributed by atoms with van der Waals surface area (Å²) < 4.78 is 39.3. The van der Waals surface area contributed by atoms with Crippen LogP contribution in [0.4, 0.5) is 24.5 Å². The molecule has 0 spiro atoms. The van der Waals surface area contributed by atoms with Crippen LogP contribution in [0.3, 0.4) is 0 Å². The number of hydrogen-bond acceptors (Lipinski definition) is 4. The average molecular weight is 483 g/mol. The fourth-order valence-electron chi connectivity index (χ4n) is 3.71. The Balaban J connectivity index is 1.49. The van der Waals surface area contributed by atoms with E-state index in [4.69, 9.17) is 11.6 Å². The van der Waals surface area contributed by atoms with Crippen molar-refractivity contribution in [3.8, 4) is 0 Å². The summed E-state index contributed by atoms with van der Waals surface area (Å²) in [5.41, 5.74) is 0.937. The summed E-state index contributed by atoms with van der Waals surface area (Å²) in [6.07, 6.45) is -4.59. The number of hydrogen-bond donors (Lipinski definition) is 1. The van der Waals surface area contributed by atoms with Gasteiger partial charge < -0.3 is 15.1 Å². The van der Waals surface area contributed by atoms with Gasteiger partial charge in [0.2, 0.25) is 11.8 Å². The topological polar surface area (TPSA) is 55.9 Å². The van der Waals surface area contributed by atoms with Crippen LogP contribution in [0.25, 0.3) is 0 Å². The first-order valence-corrected chi connectivity index (χ1v) is 10.9. The van der Waals surface area contributed by atoms with Gasteiger partial charge in [-0.05, 0) is 36.8 Å². The predicted octanol–water partition coefficient (Wildman–Crippen LogP) is 3.89. The van der Waals surface area contributed by atoms with Gasteiger partial charge in [0.05, 0.1) is 24.3 Å². The van der Waals surface area contributed by atoms with E-state index in [-0.39, 0.29) is 24.7 Å². The number of para-hydroxylation sites is 1. The standard InChI is InChI=1S/C23H26ClF3N4O2/c1-16-7-8-17(24)13-20(16)31-11-9-30(10-12-31)15-22(33)29(2)14-21(32)28-19-6-4-3-5-18(19)23(25,26)27/h3-8,13H,9-12,14-15H2,1-2H3,(H,28,32). The van der Waals surface area contributed by atoms with Crippen LogP contribution in [-0.4, -0.2) is 67.9 Å². The van der Waals surface area contributed by atoms with Gasteiger partial charge in [-0.1, -0.05) is 29.8 Å². The Kier molecular flexibility index (Phi) is 7.86. The maximum Gasteiger partial charge on any atom is 0.418 e. The summed E-state index contributed by atoms with van der Waals surface area (Å²) >= 11 is 6.12. The van der Waals surface area contributed by atoms with Crippen LogP contribution in [0.2, 0.25) is 5.02 Å². The van der Waals surface area contributed by atoms with Gasteiger partial charge in [-0.2, -0.15) is 13.2 Å². The number of aryl methyl sites for hydroxylation is 1. The van der Waals surface area contributed by atoms with E-state index in [9.17, 15) is 22.8 Å². The van der Waals surface area contributed by atoms with Gasteiger partial charge in [-0.25, -0.2) is 0 Å². The Morgan fingerprint density at radius 3 is 2.42 bits per heavy atom. The van der Waals surface area contributed by atoms with E-state index in [0.29, 0.717) is 18.1 Å². The molecule has 33 heavy (non-hydrogen) atoms. The number of carbonyl (C=O) groups excluding carboxylic acids is 2. The zero-order chi connectivity index (χ0) is 24.2. The summed E-state index contributed by atoms with van der Waals surface area (Å²) in [5, 5.41) is 2.93. The third-order valence-corrected chi connectivity index (χ3v) is 5.79. The van der Waals surface area contributed by atoms with Crippen molar-refractivity contribution in [2.45, 2.75) is 13.1 Å². The second-order valence-corrected chi connectivity index (χ2v) is 8.47. The fourth-order valence-corrected chi connectivity index (χ4v) is 3.88. The fraction of sp³-hybridized carbons (Fsp3) is 0.391. The molecule has 2 amide bonds. The third-order valence-electron chi connectivity index (χ3n) is 5.56. The number of alkyl halides is 3. The van der Waals surface area contributed by atoms with Crippen LogP contribution < -0.4 is 10.2 Å². The number of benzene rings is 2. The number of amides is 2. The molecule has 0 atom stereocenters. The zero-order valence-electron chi connectivity index (χ0n) is 18.5. The van der Waals surface area contributed by atoms with Crippen LogP contribution in [0, 0.1) is 6.92 Å². The number of nitrogens with one attached hydrogen (secondary N) is 1. The van der Waals surface area contributed by atoms with Crippen LogP contribution in [0.1, 0.15) is 11.1 Å². The van der Waals surface area contributed by atoms with Gasteiger partial charge in [0.1, 0.15) is 0 Å². The molecular formula is C23H26ClF3N4O2. The summed E-state index contributed by atoms with van der Waals surface area (Å²) in [7, 11) is 1.46. The molecule has 0 aliphatic carbocycles. The molecule has 1 heterocycles. The van der Waals surface area contributed by atoms with Crippen molar-refractivity contribution in [2.75, 3.05) is 56.5 Å². The number of likely N-dealkylation sites (N-methyl/N-ethyl adjacent to an activating group) is 1. The number of anilines is 2. The van der Waals surface area contributed by atoms with Gasteiger partial charge in [0.25, 0.3) is 0 Å². The highest BCUT2D eigenvalue weighted by molar-refractivity contribution is 6.30. The Hall–Kier alpha value is -2.78. The number of rotatable bonds is 6. The Bertz CT molecular complexity index is 1010. The van der Waals surface area contributed by atoms with Crippen LogP contribution in [-0.2, 0) is 15.8 Å². The van der Waals surface area contributed by atoms with E-state index >= 15 is 0 Å². The molecule has 1 N–H and O–H groups in total. The molecular weight excluding hydrogens is 457 g/mol. The number of carbonyl (C=O) groups is 2. The van der Waals surface area contributed by atoms with Crippen molar-refractivity contribution in [1.82, 2.24) is 9.80 Å². The first-order chi connectivity index (χ1) is 15.5. The van der Waals surface area contributed by atoms with Gasteiger partial charge in [0, 0.05) is 43.9 Å². The molecule has 178 valence electrons. The van der Waals surface area contributed by atoms with Crippen molar-refractivity contribution in [3.05, 3.63) is 58.6 Å². The third kappa shape index (κ3) is 6.61. The zero-order valence-corrected chi connectivity index (χ0v) is 19.2. The molecule has 0 bridgehead atoms. The van der Waals surface area contributed by atoms with Crippen molar-refractivity contribution >= 4 is 34.8 Å². The molecule has 0 saturated carbocycles. The molecule has 2 aromatic rings. The van der Waals surface area contributed by atoms with E-state index in [0.717, 1.165) is 30.4 Å². The molecule has 10 heteroatoms. The largest absolute Gasteiger partial charge is 0.418 e. The molecule has 0 radical (unpaired) electrons. The lowest BCUT2D eigenvalue weighted by Crippen LogP contribution is -2.50. The number of nitrogens with zero attached hydrogens (tertiary/aromatic N) is 3. The van der Waals surface area contributed by atoms with E-state index in [1.807, 2.05) is 30.0 Å². The van der Waals surface area contributed by atoms with Crippen LogP contribution in [0.15, 0.2) is 42.5 Å². The van der Waals surface area contributed by atoms with Crippen LogP contribution in [0.5, 0.6) is 0 Å². The molecule has 1 saturated heterocycles. The Labute approximate surface area is 195 Å². The molecule has 3 rings (SSSR count). The second kappa shape index (κ2) is 10.4. The first kappa shape index (κ1) is 24.9. The van der Waals surface area contributed by atoms with Crippen LogP contribution >= 0.6 is 11.6 Å². The molecule has 1 aliphatic rings. The van der Waals surface area contributed by atoms with Crippen molar-refractivity contribution < 1.29 is 22.8 Å². The quantitative estimate of drug-likeness (QED) is 0.679. The minimum atomic E-state index is -4.59. The van der Waals surface area contributed by atoms with E-state index < -0.39 is 17.6 Å². The highest BCUT2D eigenvalue weighted by Gasteiger charge is 2.33. The lowest BCUT2D eigenvalue weighted by molar-refractivity contribution is -0.137. The minimum Gasteiger partial charge on any atom is -0.369 e. The lowest BCUT2D eigenvalue weighted by Gasteiger charge is -2.37. The van der Waals surface area contributed by atoms with E-state index in [1.54, 1.807) is 0 Å². The molecule has 0 aromatic heterocycles. The summed E-state index contributed by atoms with van der Waals surface area (Å²) in [5.74, 6) is -0.967. The lowest BCUT2D eigenvalue weighted by atomic mass is 10.1. The molecule has 1 aliphatic heterocycles. The Morgan fingerprint density at radius 2 is 1.76 bits per heavy atom. The second-order valence-electron chi connectivity index (χ2n) is 8.04. The summed E-state index contributed by atoms with van der Waals surface area (Å²) in [6, 6.07) is 10.5. The number of halogens is 4. The normalized spacial score (nSPS) is 14.8. The van der Waals surface area contributed by atoms with Gasteiger partial charge in [0.15, 0.2) is 0 Å². The summed E-state index contributed by atoms with van der Waals surface area (Å²) in [4.78, 5) is 30.3. The van der Waals surface area contributed by atoms with Crippen molar-refractivity contribution in [3.63, 3.8) is 0 Å². The minimum absolute atomic E-state index is 0.130. The smallest absolute Gasteiger partial charge is 0.369 e. The molecule has 2 aromatic carbocycles. The molecule has 1 fully saturated rings. The SMILES string of the molecule is Cc1ccc(Cl)cc1N1CCN(CC(=O)N(C)CC(=O)Nc2ccccc2C(F)(F)F)CC1. The molecule has 0 unspecified atom stereocenters. The average Bonchev–Trinajstić information content (AvgIpc) is 2.75. The van der Waals surface area contributed by atoms with Gasteiger partial charge >= 0.3 is 6.18 Å². The van der Waals surface area contributed by atoms with Crippen molar-refractivity contribution in [2.24, 2.45) is 0 Å². The maximum atomic E-state index is 13.1. The predicted molar refractivity (Wildman–Crippen MR) is 123 cm³/mol. The summed E-state index contributed by atoms with van der Waals surface area (Å²) in [6.45, 7) is 4.60. The van der Waals surface area contributed by atoms with Gasteiger partial charge in [-0.3, -0.25) is 14.5 Å². The van der Waals surface area contributed by atoms with Gasteiger partial charge in [-0.15, -0.1) is 0 Å². The van der Waals surface area contributed by atoms with E-state index in [1.165, 1.54) is 30.1 Å². The number of piperazine rings is 1. The van der Waals surface area contributed by atoms with E-state index in [2.05, 4.69) is 10.2 Å². The highest BCUT2D eigenvalue weighted by Crippen LogP contribution is 2.34. The highest BCUT2D eigenvalue weighted by atomic mass is 35.5. The first-order valence-electron chi connectivity index (χ1n) is 10.5. The van der Waals surface area contributed by atoms with Crippen molar-refractivity contribution in [1.29, 1.82) is 0 Å². The monoisotopic (exact) mass is 482 g/mol. The Morgan fingerprint density at radius 1 is 1.09 bits per heavy atom. The molecule has 6 nitrogen and oxygen atoms in total.